The van der Waals surface area contributed by atoms with E-state index in [-0.39, 0.29) is 0 Å². The zero-order chi connectivity index (χ0) is 27.1. The summed E-state index contributed by atoms with van der Waals surface area (Å²) in [6.45, 7) is 21.9. The summed E-state index contributed by atoms with van der Waals surface area (Å²) < 4.78 is 0. The van der Waals surface area contributed by atoms with Crippen molar-refractivity contribution in [3.63, 3.8) is 0 Å². The highest BCUT2D eigenvalue weighted by atomic mass is 31.2. The molecule has 0 spiro atoms. The molecule has 4 aromatic carbocycles. The third-order valence-electron chi connectivity index (χ3n) is 7.51. The zero-order valence-electron chi connectivity index (χ0n) is 24.3. The van der Waals surface area contributed by atoms with E-state index in [0.717, 1.165) is 0 Å². The summed E-state index contributed by atoms with van der Waals surface area (Å²) in [5.74, 6) is 0. The molecule has 0 aliphatic rings. The topological polar surface area (TPSA) is 0 Å². The molecule has 37 heavy (non-hydrogen) atoms. The van der Waals surface area contributed by atoms with E-state index >= 15 is 0 Å². The van der Waals surface area contributed by atoms with Crippen LogP contribution >= 0.6 is 7.26 Å². The van der Waals surface area contributed by atoms with Gasteiger partial charge in [-0.25, -0.2) is 0 Å². The molecule has 4 aromatic rings. The molecular weight excluding hydrogens is 512 g/mol. The average Bonchev–Trinajstić information content (AvgIpc) is 2.85. The Morgan fingerprint density at radius 3 is 0.811 bits per heavy atom. The Hall–Kier alpha value is -2.04. The van der Waals surface area contributed by atoms with Crippen molar-refractivity contribution in [2.75, 3.05) is 0 Å². The smallest absolute Gasteiger partial charge is 0.0656 e. The first-order chi connectivity index (χ1) is 17.2. The number of hydrogen-bond donors (Lipinski definition) is 0. The van der Waals surface area contributed by atoms with Gasteiger partial charge >= 0.3 is 0 Å². The van der Waals surface area contributed by atoms with Gasteiger partial charge in [0, 0.05) is 0 Å². The van der Waals surface area contributed by atoms with Gasteiger partial charge in [-0.15, -0.1) is 0 Å². The molecule has 4 rings (SSSR count). The Labute approximate surface area is 229 Å². The molecule has 0 aliphatic heterocycles. The van der Waals surface area contributed by atoms with Crippen molar-refractivity contribution in [2.45, 2.75) is 58.9 Å². The van der Waals surface area contributed by atoms with Crippen LogP contribution in [0.1, 0.15) is 0 Å². The fourth-order valence-corrected chi connectivity index (χ4v) is 12.8. The molecule has 4 heteroatoms. The number of rotatable bonds is 7. The molecule has 0 saturated carbocycles. The summed E-state index contributed by atoms with van der Waals surface area (Å²) in [5.41, 5.74) is 0. The van der Waals surface area contributed by atoms with E-state index in [2.05, 4.69) is 162 Å². The first kappa shape index (κ1) is 28.0. The predicted molar refractivity (Wildman–Crippen MR) is 180 cm³/mol. The van der Waals surface area contributed by atoms with Crippen molar-refractivity contribution >= 4 is 68.3 Å². The van der Waals surface area contributed by atoms with E-state index in [0.29, 0.717) is 0 Å². The minimum absolute atomic E-state index is 1.39. The van der Waals surface area contributed by atoms with Crippen molar-refractivity contribution in [1.82, 2.24) is 0 Å². The number of hydrogen-bond acceptors (Lipinski definition) is 0. The van der Waals surface area contributed by atoms with Crippen LogP contribution in [0.4, 0.5) is 0 Å². The van der Waals surface area contributed by atoms with Crippen molar-refractivity contribution in [1.29, 1.82) is 0 Å². The largest absolute Gasteiger partial charge is 0.144 e. The minimum atomic E-state index is -2.08. The van der Waals surface area contributed by atoms with Crippen LogP contribution in [0.2, 0.25) is 58.9 Å². The fourth-order valence-electron chi connectivity index (χ4n) is 5.10. The standard InChI is InChI=1S/C33H44PSi3/c1-35(2,3)31-21-15-28(16-22-31)34(27-13-11-10-12-14-27,29-17-23-32(24-18-29)36(4,5)6)30-19-25-33(26-20-30)37(7,8)9/h10-26H,1-9H3/q+1. The van der Waals surface area contributed by atoms with E-state index in [9.17, 15) is 0 Å². The summed E-state index contributed by atoms with van der Waals surface area (Å²) >= 11 is 0. The van der Waals surface area contributed by atoms with Gasteiger partial charge in [-0.2, -0.15) is 0 Å². The molecule has 0 amide bonds. The van der Waals surface area contributed by atoms with E-state index in [1.807, 2.05) is 0 Å². The van der Waals surface area contributed by atoms with Crippen LogP contribution in [0.3, 0.4) is 0 Å². The van der Waals surface area contributed by atoms with Crippen molar-refractivity contribution in [2.24, 2.45) is 0 Å². The van der Waals surface area contributed by atoms with E-state index in [4.69, 9.17) is 0 Å². The molecule has 0 nitrogen and oxygen atoms in total. The molecule has 0 atom stereocenters. The molecule has 0 saturated heterocycles. The summed E-state index contributed by atoms with van der Waals surface area (Å²) in [4.78, 5) is 0. The van der Waals surface area contributed by atoms with Crippen LogP contribution in [-0.4, -0.2) is 24.2 Å². The predicted octanol–water partition coefficient (Wildman–Crippen LogP) is 5.94. The van der Waals surface area contributed by atoms with E-state index in [1.165, 1.54) is 36.8 Å². The Balaban J connectivity index is 2.05. The summed E-state index contributed by atoms with van der Waals surface area (Å²) in [6.07, 6.45) is 0. The Bertz CT molecular complexity index is 1180. The van der Waals surface area contributed by atoms with Crippen LogP contribution in [-0.2, 0) is 0 Å². The van der Waals surface area contributed by atoms with Crippen LogP contribution < -0.4 is 36.8 Å². The van der Waals surface area contributed by atoms with Crippen LogP contribution in [0.25, 0.3) is 0 Å². The minimum Gasteiger partial charge on any atom is -0.0656 e. The lowest BCUT2D eigenvalue weighted by Crippen LogP contribution is -2.43. The monoisotopic (exact) mass is 555 g/mol. The van der Waals surface area contributed by atoms with Gasteiger partial charge in [-0.05, 0) is 48.5 Å². The second-order valence-electron chi connectivity index (χ2n) is 13.4. The van der Waals surface area contributed by atoms with Gasteiger partial charge in [0.25, 0.3) is 0 Å². The van der Waals surface area contributed by atoms with Crippen LogP contribution in [0, 0.1) is 0 Å². The highest BCUT2D eigenvalue weighted by Gasteiger charge is 2.48. The van der Waals surface area contributed by atoms with Gasteiger partial charge in [0.05, 0.1) is 24.2 Å². The molecule has 0 radical (unpaired) electrons. The van der Waals surface area contributed by atoms with Crippen molar-refractivity contribution in [3.8, 4) is 0 Å². The third-order valence-corrected chi connectivity index (χ3v) is 18.0. The van der Waals surface area contributed by atoms with Gasteiger partial charge in [0.15, 0.2) is 0 Å². The lowest BCUT2D eigenvalue weighted by atomic mass is 10.3. The third kappa shape index (κ3) is 5.71. The zero-order valence-corrected chi connectivity index (χ0v) is 28.2. The van der Waals surface area contributed by atoms with E-state index < -0.39 is 31.5 Å². The SMILES string of the molecule is C[Si](C)(C)c1ccc([P+](c2ccccc2)(c2ccc([Si](C)(C)C)cc2)c2ccc([Si](C)(C)C)cc2)cc1. The molecule has 0 N–H and O–H groups in total. The second-order valence-corrected chi connectivity index (χ2v) is 32.0. The highest BCUT2D eigenvalue weighted by molar-refractivity contribution is 8.01. The average molecular weight is 556 g/mol. The molecule has 0 unspecified atom stereocenters. The lowest BCUT2D eigenvalue weighted by molar-refractivity contribution is 1.68. The molecule has 0 heterocycles. The maximum atomic E-state index is 2.45. The van der Waals surface area contributed by atoms with Crippen molar-refractivity contribution < 1.29 is 0 Å². The van der Waals surface area contributed by atoms with Crippen molar-refractivity contribution in [3.05, 3.63) is 103 Å². The van der Waals surface area contributed by atoms with Gasteiger partial charge in [-0.1, -0.05) is 129 Å². The van der Waals surface area contributed by atoms with Crippen LogP contribution in [0.15, 0.2) is 103 Å². The Morgan fingerprint density at radius 2 is 0.568 bits per heavy atom. The van der Waals surface area contributed by atoms with Gasteiger partial charge in [0.1, 0.15) is 28.5 Å². The van der Waals surface area contributed by atoms with Gasteiger partial charge < -0.3 is 0 Å². The molecule has 0 fully saturated rings. The Kier molecular flexibility index (Phi) is 7.76. The summed E-state index contributed by atoms with van der Waals surface area (Å²) in [6, 6.07) is 40.5. The molecule has 0 aliphatic carbocycles. The van der Waals surface area contributed by atoms with Crippen LogP contribution in [0.5, 0.6) is 0 Å². The molecule has 192 valence electrons. The van der Waals surface area contributed by atoms with Gasteiger partial charge in [0.2, 0.25) is 0 Å². The lowest BCUT2D eigenvalue weighted by Gasteiger charge is -2.29. The number of benzene rings is 4. The maximum Gasteiger partial charge on any atom is 0.144 e. The molecular formula is C33H44PSi3+. The summed E-state index contributed by atoms with van der Waals surface area (Å²) in [7, 11) is -6.24. The Morgan fingerprint density at radius 1 is 0.324 bits per heavy atom. The van der Waals surface area contributed by atoms with E-state index in [1.54, 1.807) is 0 Å². The fraction of sp³-hybridized carbons (Fsp3) is 0.273. The first-order valence-corrected chi connectivity index (χ1v) is 25.8. The summed E-state index contributed by atoms with van der Waals surface area (Å²) in [5, 5.41) is 10.3. The first-order valence-electron chi connectivity index (χ1n) is 13.5. The van der Waals surface area contributed by atoms with Gasteiger partial charge in [-0.3, -0.25) is 0 Å². The maximum absolute atomic E-state index is 2.45. The normalized spacial score (nSPS) is 13.0. The quantitative estimate of drug-likeness (QED) is 0.196. The second kappa shape index (κ2) is 10.3. The molecule has 0 bridgehead atoms. The highest BCUT2D eigenvalue weighted by Crippen LogP contribution is 2.54. The molecule has 0 aromatic heterocycles.